The number of aromatic nitrogens is 3. The summed E-state index contributed by atoms with van der Waals surface area (Å²) in [5.41, 5.74) is 4.05. The summed E-state index contributed by atoms with van der Waals surface area (Å²) in [7, 11) is 1.65. The Morgan fingerprint density at radius 1 is 1.13 bits per heavy atom. The maximum atomic E-state index is 12.7. The highest BCUT2D eigenvalue weighted by atomic mass is 32.2. The van der Waals surface area contributed by atoms with Crippen molar-refractivity contribution in [2.45, 2.75) is 37.1 Å². The van der Waals surface area contributed by atoms with Gasteiger partial charge in [-0.3, -0.25) is 9.20 Å². The number of nitrogens with one attached hydrogen (secondary N) is 1. The summed E-state index contributed by atoms with van der Waals surface area (Å²) in [6.07, 6.45) is 0. The zero-order valence-corrected chi connectivity index (χ0v) is 18.9. The summed E-state index contributed by atoms with van der Waals surface area (Å²) >= 11 is 1.41. The third-order valence-electron chi connectivity index (χ3n) is 5.48. The number of methoxy groups -OCH3 is 1. The molecule has 4 aromatic rings. The van der Waals surface area contributed by atoms with E-state index in [0.29, 0.717) is 11.7 Å². The fraction of sp³-hybridized carbons (Fsp3) is 0.292. The van der Waals surface area contributed by atoms with E-state index in [1.807, 2.05) is 53.8 Å². The number of amides is 1. The number of ether oxygens (including phenoxy) is 1. The zero-order chi connectivity index (χ0) is 22.0. The molecule has 7 heteroatoms. The molecule has 160 valence electrons. The van der Waals surface area contributed by atoms with Crippen molar-refractivity contribution in [1.82, 2.24) is 19.9 Å². The van der Waals surface area contributed by atoms with Crippen molar-refractivity contribution in [1.29, 1.82) is 0 Å². The van der Waals surface area contributed by atoms with Crippen LogP contribution in [0.1, 0.15) is 30.9 Å². The fourth-order valence-corrected chi connectivity index (χ4v) is 4.51. The number of carbonyl (C=O) groups is 1. The minimum absolute atomic E-state index is 0.0153. The molecule has 0 saturated carbocycles. The second-order valence-corrected chi connectivity index (χ2v) is 9.01. The molecule has 2 unspecified atom stereocenters. The topological polar surface area (TPSA) is 68.5 Å². The maximum absolute atomic E-state index is 12.7. The lowest BCUT2D eigenvalue weighted by atomic mass is 10.0. The number of carbonyl (C=O) groups excluding carboxylic acids is 1. The molecule has 0 fully saturated rings. The first-order valence-corrected chi connectivity index (χ1v) is 11.2. The van der Waals surface area contributed by atoms with Crippen LogP contribution in [0.4, 0.5) is 0 Å². The smallest absolute Gasteiger partial charge is 0.233 e. The summed E-state index contributed by atoms with van der Waals surface area (Å²) in [6, 6.07) is 18.2. The normalized spacial score (nSPS) is 13.3. The number of rotatable bonds is 7. The van der Waals surface area contributed by atoms with Gasteiger partial charge in [-0.2, -0.15) is 0 Å². The van der Waals surface area contributed by atoms with Gasteiger partial charge in [-0.1, -0.05) is 49.0 Å². The Kier molecular flexibility index (Phi) is 6.13. The third kappa shape index (κ3) is 4.37. The van der Waals surface area contributed by atoms with Gasteiger partial charge >= 0.3 is 0 Å². The van der Waals surface area contributed by atoms with E-state index < -0.39 is 0 Å². The minimum atomic E-state index is -0.308. The molecule has 0 aliphatic heterocycles. The summed E-state index contributed by atoms with van der Waals surface area (Å²) in [4.78, 5) is 12.7. The lowest BCUT2D eigenvalue weighted by molar-refractivity contribution is -0.120. The molecule has 0 radical (unpaired) electrons. The molecule has 2 aromatic heterocycles. The molecule has 4 rings (SSSR count). The van der Waals surface area contributed by atoms with Crippen molar-refractivity contribution >= 4 is 34.2 Å². The molecule has 0 aliphatic rings. The number of pyridine rings is 1. The number of fused-ring (bicyclic) bond motifs is 3. The van der Waals surface area contributed by atoms with Crippen molar-refractivity contribution in [2.75, 3.05) is 13.7 Å². The molecule has 0 aliphatic carbocycles. The lowest BCUT2D eigenvalue weighted by Crippen LogP contribution is -2.33. The fourth-order valence-electron chi connectivity index (χ4n) is 3.61. The molecule has 0 spiro atoms. The van der Waals surface area contributed by atoms with Crippen LogP contribution in [0.25, 0.3) is 16.6 Å². The van der Waals surface area contributed by atoms with Crippen molar-refractivity contribution in [3.8, 4) is 5.75 Å². The van der Waals surface area contributed by atoms with Gasteiger partial charge in [-0.05, 0) is 49.1 Å². The molecule has 2 aromatic carbocycles. The Hall–Kier alpha value is -3.06. The molecule has 31 heavy (non-hydrogen) atoms. The zero-order valence-electron chi connectivity index (χ0n) is 18.1. The van der Waals surface area contributed by atoms with E-state index in [2.05, 4.69) is 41.5 Å². The molecular weight excluding hydrogens is 408 g/mol. The Labute approximate surface area is 186 Å². The van der Waals surface area contributed by atoms with E-state index in [1.54, 1.807) is 7.11 Å². The van der Waals surface area contributed by atoms with Crippen LogP contribution in [0.2, 0.25) is 0 Å². The van der Waals surface area contributed by atoms with E-state index in [9.17, 15) is 4.79 Å². The van der Waals surface area contributed by atoms with Gasteiger partial charge in [-0.15, -0.1) is 10.2 Å². The van der Waals surface area contributed by atoms with Crippen LogP contribution in [0.3, 0.4) is 0 Å². The Morgan fingerprint density at radius 3 is 2.65 bits per heavy atom. The molecule has 2 heterocycles. The lowest BCUT2D eigenvalue weighted by Gasteiger charge is -2.16. The second-order valence-electron chi connectivity index (χ2n) is 7.70. The van der Waals surface area contributed by atoms with E-state index in [0.717, 1.165) is 27.9 Å². The largest absolute Gasteiger partial charge is 0.497 e. The quantitative estimate of drug-likeness (QED) is 0.431. The van der Waals surface area contributed by atoms with Gasteiger partial charge in [0.2, 0.25) is 5.91 Å². The molecular formula is C24H26N4O2S. The number of benzene rings is 2. The first-order chi connectivity index (χ1) is 15.0. The van der Waals surface area contributed by atoms with Crippen molar-refractivity contribution in [3.63, 3.8) is 0 Å². The standard InChI is InChI=1S/C24H26N4O2S/c1-15-12-22-26-27-24(28(22)21-13-19(30-4)10-11-20(15)21)31-17(3)23(29)25-14-16(2)18-8-6-5-7-9-18/h5-13,16-17H,14H2,1-4H3,(H,25,29). The van der Waals surface area contributed by atoms with Crippen LogP contribution in [-0.4, -0.2) is 39.4 Å². The van der Waals surface area contributed by atoms with Crippen molar-refractivity contribution < 1.29 is 9.53 Å². The third-order valence-corrected chi connectivity index (χ3v) is 6.52. The van der Waals surface area contributed by atoms with Crippen LogP contribution in [-0.2, 0) is 4.79 Å². The Bertz CT molecular complexity index is 1220. The van der Waals surface area contributed by atoms with Gasteiger partial charge < -0.3 is 10.1 Å². The van der Waals surface area contributed by atoms with E-state index in [4.69, 9.17) is 4.74 Å². The predicted octanol–water partition coefficient (Wildman–Crippen LogP) is 4.60. The van der Waals surface area contributed by atoms with E-state index in [1.165, 1.54) is 17.3 Å². The van der Waals surface area contributed by atoms with Crippen molar-refractivity contribution in [2.24, 2.45) is 0 Å². The SMILES string of the molecule is COc1ccc2c(C)cc3nnc(SC(C)C(=O)NCC(C)c4ccccc4)n3c2c1. The van der Waals surface area contributed by atoms with Gasteiger partial charge in [0.15, 0.2) is 10.8 Å². The molecule has 0 bridgehead atoms. The summed E-state index contributed by atoms with van der Waals surface area (Å²) in [6.45, 7) is 6.65. The molecule has 2 atom stereocenters. The van der Waals surface area contributed by atoms with Gasteiger partial charge in [0, 0.05) is 18.0 Å². The van der Waals surface area contributed by atoms with Crippen LogP contribution in [0.15, 0.2) is 59.8 Å². The van der Waals surface area contributed by atoms with Crippen LogP contribution >= 0.6 is 11.8 Å². The first kappa shape index (κ1) is 21.2. The number of hydrogen-bond acceptors (Lipinski definition) is 5. The molecule has 0 saturated heterocycles. The molecule has 1 amide bonds. The van der Waals surface area contributed by atoms with E-state index in [-0.39, 0.29) is 17.1 Å². The number of hydrogen-bond donors (Lipinski definition) is 1. The van der Waals surface area contributed by atoms with Crippen LogP contribution in [0.5, 0.6) is 5.75 Å². The van der Waals surface area contributed by atoms with Gasteiger partial charge in [0.05, 0.1) is 17.9 Å². The van der Waals surface area contributed by atoms with E-state index >= 15 is 0 Å². The highest BCUT2D eigenvalue weighted by molar-refractivity contribution is 8.00. The summed E-state index contributed by atoms with van der Waals surface area (Å²) in [5.74, 6) is 0.999. The monoisotopic (exact) mass is 434 g/mol. The highest BCUT2D eigenvalue weighted by Gasteiger charge is 2.20. The Balaban J connectivity index is 1.54. The van der Waals surface area contributed by atoms with Gasteiger partial charge in [0.25, 0.3) is 0 Å². The number of thioether (sulfide) groups is 1. The van der Waals surface area contributed by atoms with Crippen molar-refractivity contribution in [3.05, 3.63) is 65.7 Å². The maximum Gasteiger partial charge on any atom is 0.233 e. The molecule has 6 nitrogen and oxygen atoms in total. The number of nitrogens with zero attached hydrogens (tertiary/aromatic N) is 3. The average Bonchev–Trinajstić information content (AvgIpc) is 3.19. The molecule has 1 N–H and O–H groups in total. The van der Waals surface area contributed by atoms with Gasteiger partial charge in [0.1, 0.15) is 5.75 Å². The first-order valence-electron chi connectivity index (χ1n) is 10.3. The summed E-state index contributed by atoms with van der Waals surface area (Å²) < 4.78 is 7.40. The number of aryl methyl sites for hydroxylation is 1. The second kappa shape index (κ2) is 8.98. The van der Waals surface area contributed by atoms with Crippen LogP contribution in [0, 0.1) is 6.92 Å². The van der Waals surface area contributed by atoms with Crippen LogP contribution < -0.4 is 10.1 Å². The summed E-state index contributed by atoms with van der Waals surface area (Å²) in [5, 5.41) is 13.2. The Morgan fingerprint density at radius 2 is 1.90 bits per heavy atom. The average molecular weight is 435 g/mol. The highest BCUT2D eigenvalue weighted by Crippen LogP contribution is 2.30. The minimum Gasteiger partial charge on any atom is -0.497 e. The predicted molar refractivity (Wildman–Crippen MR) is 125 cm³/mol. The van der Waals surface area contributed by atoms with Gasteiger partial charge in [-0.25, -0.2) is 0 Å².